The van der Waals surface area contributed by atoms with E-state index < -0.39 is 0 Å². The minimum absolute atomic E-state index is 0.0517. The summed E-state index contributed by atoms with van der Waals surface area (Å²) in [5, 5.41) is 2.46. The van der Waals surface area contributed by atoms with E-state index >= 15 is 0 Å². The summed E-state index contributed by atoms with van der Waals surface area (Å²) in [7, 11) is 0. The van der Waals surface area contributed by atoms with Gasteiger partial charge >= 0.3 is 0 Å². The third kappa shape index (κ3) is 2.96. The van der Waals surface area contributed by atoms with Crippen molar-refractivity contribution in [3.05, 3.63) is 48.0 Å². The predicted octanol–water partition coefficient (Wildman–Crippen LogP) is 3.90. The van der Waals surface area contributed by atoms with Crippen molar-refractivity contribution in [2.45, 2.75) is 32.9 Å². The van der Waals surface area contributed by atoms with Gasteiger partial charge in [-0.25, -0.2) is 0 Å². The van der Waals surface area contributed by atoms with Crippen LogP contribution in [0.1, 0.15) is 32.4 Å². The molecular weight excluding hydrogens is 234 g/mol. The van der Waals surface area contributed by atoms with Crippen molar-refractivity contribution in [1.82, 2.24) is 0 Å². The summed E-state index contributed by atoms with van der Waals surface area (Å²) in [6.07, 6.45) is 0.0517. The zero-order valence-electron chi connectivity index (χ0n) is 12.0. The fourth-order valence-electron chi connectivity index (χ4n) is 2.62. The summed E-state index contributed by atoms with van der Waals surface area (Å²) in [5.74, 6) is 0.397. The molecule has 0 aliphatic rings. The quantitative estimate of drug-likeness (QED) is 0.881. The monoisotopic (exact) mass is 257 g/mol. The predicted molar refractivity (Wildman–Crippen MR) is 81.1 cm³/mol. The van der Waals surface area contributed by atoms with E-state index in [9.17, 15) is 0 Å². The second-order valence-electron chi connectivity index (χ2n) is 5.26. The molecule has 0 radical (unpaired) electrons. The Balaban J connectivity index is 2.42. The molecule has 2 rings (SSSR count). The van der Waals surface area contributed by atoms with E-state index in [-0.39, 0.29) is 12.1 Å². The summed E-state index contributed by atoms with van der Waals surface area (Å²) in [6, 6.07) is 14.6. The number of ether oxygens (including phenoxy) is 1. The molecule has 0 fully saturated rings. The van der Waals surface area contributed by atoms with Gasteiger partial charge in [-0.05, 0) is 29.2 Å². The van der Waals surface area contributed by atoms with Crippen LogP contribution in [0, 0.1) is 5.92 Å². The fourth-order valence-corrected chi connectivity index (χ4v) is 2.62. The molecule has 0 heterocycles. The van der Waals surface area contributed by atoms with Crippen LogP contribution < -0.4 is 5.73 Å². The summed E-state index contributed by atoms with van der Waals surface area (Å²) in [5.41, 5.74) is 7.64. The normalized spacial score (nSPS) is 14.8. The van der Waals surface area contributed by atoms with Gasteiger partial charge in [-0.15, -0.1) is 0 Å². The second-order valence-corrected chi connectivity index (χ2v) is 5.26. The average molecular weight is 257 g/mol. The molecular formula is C17H23NO. The van der Waals surface area contributed by atoms with Gasteiger partial charge in [0.2, 0.25) is 0 Å². The maximum absolute atomic E-state index is 6.47. The van der Waals surface area contributed by atoms with E-state index in [1.807, 2.05) is 6.92 Å². The molecule has 0 amide bonds. The minimum atomic E-state index is -0.0916. The van der Waals surface area contributed by atoms with E-state index in [4.69, 9.17) is 10.5 Å². The molecule has 2 unspecified atom stereocenters. The lowest BCUT2D eigenvalue weighted by Gasteiger charge is -2.28. The SMILES string of the molecule is CCOC(C(C)C)C(N)c1cccc2ccccc12. The molecule has 0 bridgehead atoms. The van der Waals surface area contributed by atoms with Gasteiger partial charge in [0.1, 0.15) is 0 Å². The van der Waals surface area contributed by atoms with E-state index in [0.717, 1.165) is 0 Å². The molecule has 0 saturated heterocycles. The van der Waals surface area contributed by atoms with Crippen molar-refractivity contribution in [1.29, 1.82) is 0 Å². The van der Waals surface area contributed by atoms with Crippen molar-refractivity contribution >= 4 is 10.8 Å². The van der Waals surface area contributed by atoms with Gasteiger partial charge in [-0.2, -0.15) is 0 Å². The molecule has 0 spiro atoms. The lowest BCUT2D eigenvalue weighted by molar-refractivity contribution is 0.0124. The largest absolute Gasteiger partial charge is 0.376 e. The van der Waals surface area contributed by atoms with E-state index in [1.54, 1.807) is 0 Å². The smallest absolute Gasteiger partial charge is 0.0790 e. The lowest BCUT2D eigenvalue weighted by Crippen LogP contribution is -2.33. The third-order valence-corrected chi connectivity index (χ3v) is 3.55. The van der Waals surface area contributed by atoms with Crippen LogP contribution >= 0.6 is 0 Å². The molecule has 0 saturated carbocycles. The van der Waals surface area contributed by atoms with Crippen LogP contribution in [0.3, 0.4) is 0 Å². The van der Waals surface area contributed by atoms with Crippen LogP contribution in [0.4, 0.5) is 0 Å². The molecule has 0 aliphatic heterocycles. The molecule has 19 heavy (non-hydrogen) atoms. The van der Waals surface area contributed by atoms with E-state index in [1.165, 1.54) is 16.3 Å². The molecule has 2 nitrogen and oxygen atoms in total. The molecule has 2 heteroatoms. The summed E-state index contributed by atoms with van der Waals surface area (Å²) in [4.78, 5) is 0. The molecule has 0 aromatic heterocycles. The maximum atomic E-state index is 6.47. The van der Waals surface area contributed by atoms with Gasteiger partial charge in [0.05, 0.1) is 12.1 Å². The topological polar surface area (TPSA) is 35.2 Å². The average Bonchev–Trinajstić information content (AvgIpc) is 2.43. The Morgan fingerprint density at radius 2 is 1.74 bits per heavy atom. The molecule has 0 aliphatic carbocycles. The molecule has 2 N–H and O–H groups in total. The maximum Gasteiger partial charge on any atom is 0.0790 e. The molecule has 2 atom stereocenters. The Kier molecular flexibility index (Phi) is 4.56. The Bertz CT molecular complexity index is 530. The fraction of sp³-hybridized carbons (Fsp3) is 0.412. The number of fused-ring (bicyclic) bond motifs is 1. The molecule has 102 valence electrons. The van der Waals surface area contributed by atoms with Gasteiger partial charge < -0.3 is 10.5 Å². The summed E-state index contributed by atoms with van der Waals surface area (Å²) in [6.45, 7) is 7.03. The van der Waals surface area contributed by atoms with Crippen LogP contribution in [0.15, 0.2) is 42.5 Å². The number of nitrogens with two attached hydrogens (primary N) is 1. The van der Waals surface area contributed by atoms with Crippen molar-refractivity contribution in [2.24, 2.45) is 11.7 Å². The second kappa shape index (κ2) is 6.18. The van der Waals surface area contributed by atoms with Gasteiger partial charge in [-0.3, -0.25) is 0 Å². The third-order valence-electron chi connectivity index (χ3n) is 3.55. The van der Waals surface area contributed by atoms with Gasteiger partial charge in [0.25, 0.3) is 0 Å². The van der Waals surface area contributed by atoms with Crippen molar-refractivity contribution < 1.29 is 4.74 Å². The Hall–Kier alpha value is -1.38. The van der Waals surface area contributed by atoms with Crippen molar-refractivity contribution in [3.8, 4) is 0 Å². The van der Waals surface area contributed by atoms with Gasteiger partial charge in [0.15, 0.2) is 0 Å². The van der Waals surface area contributed by atoms with E-state index in [0.29, 0.717) is 12.5 Å². The van der Waals surface area contributed by atoms with Crippen LogP contribution in [0.25, 0.3) is 10.8 Å². The number of benzene rings is 2. The number of hydrogen-bond donors (Lipinski definition) is 1. The van der Waals surface area contributed by atoms with Gasteiger partial charge in [0, 0.05) is 6.61 Å². The summed E-state index contributed by atoms with van der Waals surface area (Å²) < 4.78 is 5.84. The number of hydrogen-bond acceptors (Lipinski definition) is 2. The first-order valence-corrected chi connectivity index (χ1v) is 7.00. The highest BCUT2D eigenvalue weighted by Gasteiger charge is 2.24. The first kappa shape index (κ1) is 14.0. The molecule has 2 aromatic carbocycles. The first-order chi connectivity index (χ1) is 9.15. The summed E-state index contributed by atoms with van der Waals surface area (Å²) >= 11 is 0. The number of rotatable bonds is 5. The highest BCUT2D eigenvalue weighted by molar-refractivity contribution is 5.86. The van der Waals surface area contributed by atoms with Gasteiger partial charge in [-0.1, -0.05) is 56.3 Å². The first-order valence-electron chi connectivity index (χ1n) is 7.00. The standard InChI is InChI=1S/C17H23NO/c1-4-19-17(12(2)3)16(18)15-11-7-9-13-8-5-6-10-14(13)15/h5-12,16-17H,4,18H2,1-3H3. The highest BCUT2D eigenvalue weighted by Crippen LogP contribution is 2.28. The Morgan fingerprint density at radius 3 is 2.42 bits per heavy atom. The lowest BCUT2D eigenvalue weighted by atomic mass is 9.91. The van der Waals surface area contributed by atoms with Crippen LogP contribution in [0.2, 0.25) is 0 Å². The van der Waals surface area contributed by atoms with Crippen LogP contribution in [-0.2, 0) is 4.74 Å². The zero-order chi connectivity index (χ0) is 13.8. The Labute approximate surface area is 115 Å². The van der Waals surface area contributed by atoms with Crippen molar-refractivity contribution in [3.63, 3.8) is 0 Å². The van der Waals surface area contributed by atoms with Crippen molar-refractivity contribution in [2.75, 3.05) is 6.61 Å². The zero-order valence-corrected chi connectivity index (χ0v) is 12.0. The van der Waals surface area contributed by atoms with Crippen LogP contribution in [0.5, 0.6) is 0 Å². The van der Waals surface area contributed by atoms with Crippen LogP contribution in [-0.4, -0.2) is 12.7 Å². The van der Waals surface area contributed by atoms with E-state index in [2.05, 4.69) is 56.3 Å². The minimum Gasteiger partial charge on any atom is -0.376 e. The highest BCUT2D eigenvalue weighted by atomic mass is 16.5. The molecule has 2 aromatic rings. The Morgan fingerprint density at radius 1 is 1.05 bits per heavy atom.